The Hall–Kier alpha value is -2.85. The molecule has 1 amide bonds. The molecular weight excluding hydrogens is 383 g/mol. The minimum atomic E-state index is -0.698. The van der Waals surface area contributed by atoms with E-state index in [0.29, 0.717) is 6.42 Å². The van der Waals surface area contributed by atoms with Gasteiger partial charge in [0.2, 0.25) is 0 Å². The summed E-state index contributed by atoms with van der Waals surface area (Å²) in [5.41, 5.74) is 0.322. The summed E-state index contributed by atoms with van der Waals surface area (Å²) >= 11 is 5.92. The molecule has 0 spiro atoms. The molecule has 6 nitrogen and oxygen atoms in total. The first-order valence-corrected chi connectivity index (χ1v) is 9.09. The number of nitriles is 1. The van der Waals surface area contributed by atoms with Gasteiger partial charge in [0, 0.05) is 12.6 Å². The number of nitrogens with one attached hydrogen (secondary N) is 2. The number of hydrogen-bond acceptors (Lipinski definition) is 5. The first-order chi connectivity index (χ1) is 13.2. The van der Waals surface area contributed by atoms with Crippen LogP contribution in [0.25, 0.3) is 0 Å². The van der Waals surface area contributed by atoms with Gasteiger partial charge in [0.15, 0.2) is 11.6 Å². The third-order valence-corrected chi connectivity index (χ3v) is 3.90. The lowest BCUT2D eigenvalue weighted by atomic mass is 10.1. The van der Waals surface area contributed by atoms with Crippen molar-refractivity contribution >= 4 is 23.5 Å². The van der Waals surface area contributed by atoms with Crippen molar-refractivity contribution in [1.29, 1.82) is 5.26 Å². The van der Waals surface area contributed by atoms with Gasteiger partial charge in [0.25, 0.3) is 0 Å². The highest BCUT2D eigenvalue weighted by molar-refractivity contribution is 6.30. The molecule has 0 unspecified atom stereocenters. The van der Waals surface area contributed by atoms with Gasteiger partial charge in [-0.15, -0.1) is 0 Å². The molecule has 1 atom stereocenters. The molecule has 0 bridgehead atoms. The Balaban J connectivity index is 2.15. The number of benzene rings is 1. The summed E-state index contributed by atoms with van der Waals surface area (Å²) < 4.78 is 19.5. The normalized spacial score (nSPS) is 12.0. The fourth-order valence-corrected chi connectivity index (χ4v) is 2.61. The predicted octanol–water partition coefficient (Wildman–Crippen LogP) is 4.29. The van der Waals surface area contributed by atoms with Crippen LogP contribution in [0.1, 0.15) is 31.9 Å². The van der Waals surface area contributed by atoms with E-state index in [9.17, 15) is 9.18 Å². The minimum Gasteiger partial charge on any atom is -0.444 e. The topological polar surface area (TPSA) is 87.0 Å². The number of amides is 1. The summed E-state index contributed by atoms with van der Waals surface area (Å²) in [5.74, 6) is -0.785. The SMILES string of the molecule is CC(C)(C)OC(=O)NC[C@@H](Cc1ccccc1)Nc1nc(Cl)c(C#N)cc1F. The van der Waals surface area contributed by atoms with E-state index in [1.54, 1.807) is 26.8 Å². The second kappa shape index (κ2) is 9.38. The van der Waals surface area contributed by atoms with Crippen LogP contribution >= 0.6 is 11.6 Å². The second-order valence-electron chi connectivity index (χ2n) is 7.18. The Morgan fingerprint density at radius 2 is 2.04 bits per heavy atom. The molecule has 1 heterocycles. The molecular formula is C20H22ClFN4O2. The molecule has 0 aliphatic rings. The lowest BCUT2D eigenvalue weighted by Crippen LogP contribution is -2.40. The van der Waals surface area contributed by atoms with E-state index >= 15 is 0 Å². The lowest BCUT2D eigenvalue weighted by Gasteiger charge is -2.23. The Bertz CT molecular complexity index is 863. The summed E-state index contributed by atoms with van der Waals surface area (Å²) in [4.78, 5) is 15.9. The minimum absolute atomic E-state index is 0.0452. The highest BCUT2D eigenvalue weighted by Crippen LogP contribution is 2.21. The highest BCUT2D eigenvalue weighted by atomic mass is 35.5. The van der Waals surface area contributed by atoms with E-state index in [-0.39, 0.29) is 29.1 Å². The molecule has 1 aromatic heterocycles. The van der Waals surface area contributed by atoms with E-state index in [1.165, 1.54) is 0 Å². The molecule has 2 aromatic rings. The maximum absolute atomic E-state index is 14.3. The maximum atomic E-state index is 14.3. The van der Waals surface area contributed by atoms with Crippen LogP contribution in [-0.2, 0) is 11.2 Å². The van der Waals surface area contributed by atoms with Gasteiger partial charge in [-0.25, -0.2) is 14.2 Å². The molecule has 0 fully saturated rings. The van der Waals surface area contributed by atoms with Crippen molar-refractivity contribution in [1.82, 2.24) is 10.3 Å². The fourth-order valence-electron chi connectivity index (χ4n) is 2.43. The average Bonchev–Trinajstić information content (AvgIpc) is 2.62. The number of alkyl carbamates (subject to hydrolysis) is 1. The number of carbonyl (C=O) groups is 1. The molecule has 28 heavy (non-hydrogen) atoms. The van der Waals surface area contributed by atoms with Crippen LogP contribution in [0.2, 0.25) is 5.15 Å². The van der Waals surface area contributed by atoms with E-state index in [2.05, 4.69) is 15.6 Å². The fraction of sp³-hybridized carbons (Fsp3) is 0.350. The number of ether oxygens (including phenoxy) is 1. The second-order valence-corrected chi connectivity index (χ2v) is 7.54. The number of carbonyl (C=O) groups excluding carboxylic acids is 1. The third-order valence-electron chi connectivity index (χ3n) is 3.61. The van der Waals surface area contributed by atoms with Gasteiger partial charge in [-0.2, -0.15) is 5.26 Å². The van der Waals surface area contributed by atoms with Gasteiger partial charge in [0.05, 0.1) is 5.56 Å². The van der Waals surface area contributed by atoms with Crippen LogP contribution in [0.3, 0.4) is 0 Å². The van der Waals surface area contributed by atoms with Gasteiger partial charge in [-0.3, -0.25) is 0 Å². The lowest BCUT2D eigenvalue weighted by molar-refractivity contribution is 0.0525. The van der Waals surface area contributed by atoms with Crippen molar-refractivity contribution in [2.45, 2.75) is 38.8 Å². The smallest absolute Gasteiger partial charge is 0.407 e. The predicted molar refractivity (Wildman–Crippen MR) is 106 cm³/mol. The Morgan fingerprint density at radius 3 is 2.64 bits per heavy atom. The molecule has 8 heteroatoms. The molecule has 0 aliphatic heterocycles. The molecule has 0 saturated carbocycles. The molecule has 148 valence electrons. The van der Waals surface area contributed by atoms with Gasteiger partial charge in [-0.1, -0.05) is 41.9 Å². The molecule has 2 rings (SSSR count). The zero-order valence-electron chi connectivity index (χ0n) is 15.9. The third kappa shape index (κ3) is 6.71. The van der Waals surface area contributed by atoms with Crippen LogP contribution in [0, 0.1) is 17.1 Å². The zero-order valence-corrected chi connectivity index (χ0v) is 16.7. The molecule has 0 saturated heterocycles. The van der Waals surface area contributed by atoms with Crippen LogP contribution in [-0.4, -0.2) is 29.3 Å². The van der Waals surface area contributed by atoms with Crippen molar-refractivity contribution in [2.24, 2.45) is 0 Å². The highest BCUT2D eigenvalue weighted by Gasteiger charge is 2.19. The Kier molecular flexibility index (Phi) is 7.18. The number of nitrogens with zero attached hydrogens (tertiary/aromatic N) is 2. The van der Waals surface area contributed by atoms with Crippen LogP contribution in [0.15, 0.2) is 36.4 Å². The maximum Gasteiger partial charge on any atom is 0.407 e. The van der Waals surface area contributed by atoms with E-state index in [0.717, 1.165) is 11.6 Å². The molecule has 0 radical (unpaired) electrons. The Morgan fingerprint density at radius 1 is 1.36 bits per heavy atom. The molecule has 1 aromatic carbocycles. The number of halogens is 2. The zero-order chi connectivity index (χ0) is 20.7. The number of pyridine rings is 1. The van der Waals surface area contributed by atoms with Crippen molar-refractivity contribution in [3.05, 3.63) is 58.5 Å². The average molecular weight is 405 g/mol. The first-order valence-electron chi connectivity index (χ1n) is 8.71. The number of rotatable bonds is 6. The Labute approximate surface area is 168 Å². The number of anilines is 1. The van der Waals surface area contributed by atoms with E-state index < -0.39 is 17.5 Å². The largest absolute Gasteiger partial charge is 0.444 e. The summed E-state index contributed by atoms with van der Waals surface area (Å²) in [6.07, 6.45) is -0.0753. The summed E-state index contributed by atoms with van der Waals surface area (Å²) in [7, 11) is 0. The van der Waals surface area contributed by atoms with E-state index in [4.69, 9.17) is 21.6 Å². The number of hydrogen-bond donors (Lipinski definition) is 2. The first kappa shape index (κ1) is 21.5. The standard InChI is InChI=1S/C20H22ClFN4O2/c1-20(2,3)28-19(27)24-12-15(9-13-7-5-4-6-8-13)25-18-16(22)10-14(11-23)17(21)26-18/h4-8,10,15H,9,12H2,1-3H3,(H,24,27)(H,25,26)/t15-/m1/s1. The van der Waals surface area contributed by atoms with Gasteiger partial charge >= 0.3 is 6.09 Å². The van der Waals surface area contributed by atoms with Crippen molar-refractivity contribution in [3.8, 4) is 6.07 Å². The van der Waals surface area contributed by atoms with Gasteiger partial charge < -0.3 is 15.4 Å². The van der Waals surface area contributed by atoms with Crippen LogP contribution in [0.4, 0.5) is 15.0 Å². The van der Waals surface area contributed by atoms with Crippen molar-refractivity contribution in [2.75, 3.05) is 11.9 Å². The monoisotopic (exact) mass is 404 g/mol. The summed E-state index contributed by atoms with van der Waals surface area (Å²) in [6.45, 7) is 5.47. The summed E-state index contributed by atoms with van der Waals surface area (Å²) in [5, 5.41) is 14.5. The van der Waals surface area contributed by atoms with Gasteiger partial charge in [0.1, 0.15) is 16.8 Å². The quantitative estimate of drug-likeness (QED) is 0.701. The molecule has 0 aliphatic carbocycles. The van der Waals surface area contributed by atoms with Crippen LogP contribution in [0.5, 0.6) is 0 Å². The van der Waals surface area contributed by atoms with Gasteiger partial charge in [-0.05, 0) is 38.8 Å². The summed E-state index contributed by atoms with van der Waals surface area (Å²) in [6, 6.07) is 12.0. The molecule has 2 N–H and O–H groups in total. The van der Waals surface area contributed by atoms with Crippen LogP contribution < -0.4 is 10.6 Å². The number of aromatic nitrogens is 1. The van der Waals surface area contributed by atoms with Crippen molar-refractivity contribution < 1.29 is 13.9 Å². The van der Waals surface area contributed by atoms with E-state index in [1.807, 2.05) is 30.3 Å². The van der Waals surface area contributed by atoms with Crippen molar-refractivity contribution in [3.63, 3.8) is 0 Å².